The fourth-order valence-corrected chi connectivity index (χ4v) is 2.29. The van der Waals surface area contributed by atoms with Crippen LogP contribution in [0.3, 0.4) is 0 Å². The maximum Gasteiger partial charge on any atom is 0.263 e. The summed E-state index contributed by atoms with van der Waals surface area (Å²) in [5.41, 5.74) is 0.862. The number of nitrogens with one attached hydrogen (secondary N) is 1. The van der Waals surface area contributed by atoms with Gasteiger partial charge in [0, 0.05) is 18.2 Å². The van der Waals surface area contributed by atoms with Gasteiger partial charge in [-0.25, -0.2) is 13.8 Å². The fraction of sp³-hybridized carbons (Fsp3) is 0.312. The van der Waals surface area contributed by atoms with Gasteiger partial charge in [0.1, 0.15) is 34.9 Å². The van der Waals surface area contributed by atoms with Gasteiger partial charge in [-0.2, -0.15) is 4.98 Å². The molecule has 2 heterocycles. The summed E-state index contributed by atoms with van der Waals surface area (Å²) in [5.74, 6) is -0.278. The van der Waals surface area contributed by atoms with Crippen LogP contribution in [0, 0.1) is 17.6 Å². The number of fused-ring (bicyclic) bond motifs is 1. The van der Waals surface area contributed by atoms with Crippen LogP contribution in [-0.4, -0.2) is 21.7 Å². The van der Waals surface area contributed by atoms with Crippen LogP contribution in [0.2, 0.25) is 0 Å². The zero-order valence-corrected chi connectivity index (χ0v) is 12.8. The van der Waals surface area contributed by atoms with Crippen LogP contribution >= 0.6 is 0 Å². The van der Waals surface area contributed by atoms with E-state index in [1.807, 2.05) is 0 Å². The van der Waals surface area contributed by atoms with Gasteiger partial charge in [0.15, 0.2) is 0 Å². The minimum atomic E-state index is -0.678. The van der Waals surface area contributed by atoms with Crippen molar-refractivity contribution in [2.45, 2.75) is 20.3 Å². The summed E-state index contributed by atoms with van der Waals surface area (Å²) < 4.78 is 32.1. The van der Waals surface area contributed by atoms with E-state index >= 15 is 0 Å². The number of benzene rings is 1. The summed E-state index contributed by atoms with van der Waals surface area (Å²) in [6.07, 6.45) is 2.32. The van der Waals surface area contributed by atoms with E-state index in [2.05, 4.69) is 34.3 Å². The number of aromatic nitrogens is 3. The van der Waals surface area contributed by atoms with Crippen molar-refractivity contribution in [1.82, 2.24) is 15.1 Å². The van der Waals surface area contributed by atoms with Gasteiger partial charge in [0.2, 0.25) is 0 Å². The average molecular weight is 318 g/mol. The monoisotopic (exact) mass is 318 g/mol. The zero-order valence-electron chi connectivity index (χ0n) is 12.8. The van der Waals surface area contributed by atoms with Gasteiger partial charge in [-0.15, -0.1) is 0 Å². The van der Waals surface area contributed by atoms with Crippen LogP contribution in [0.4, 0.5) is 14.6 Å². The summed E-state index contributed by atoms with van der Waals surface area (Å²) >= 11 is 0. The first-order valence-corrected chi connectivity index (χ1v) is 7.35. The number of anilines is 1. The van der Waals surface area contributed by atoms with E-state index in [1.165, 1.54) is 18.5 Å². The van der Waals surface area contributed by atoms with Gasteiger partial charge in [-0.1, -0.05) is 19.0 Å². The Morgan fingerprint density at radius 2 is 1.87 bits per heavy atom. The van der Waals surface area contributed by atoms with Crippen LogP contribution < -0.4 is 5.32 Å². The normalized spacial score (nSPS) is 11.3. The van der Waals surface area contributed by atoms with Gasteiger partial charge in [-0.05, 0) is 24.5 Å². The molecule has 0 unspecified atom stereocenters. The first kappa shape index (κ1) is 15.3. The highest BCUT2D eigenvalue weighted by atomic mass is 19.1. The Bertz CT molecular complexity index is 812. The SMILES string of the molecule is CC(C)CCNc1ncnc2onc(-c3cc(F)cc(F)c3)c12. The van der Waals surface area contributed by atoms with E-state index in [0.29, 0.717) is 29.4 Å². The largest absolute Gasteiger partial charge is 0.369 e. The second-order valence-corrected chi connectivity index (χ2v) is 5.70. The van der Waals surface area contributed by atoms with Crippen molar-refractivity contribution in [3.8, 4) is 11.3 Å². The number of rotatable bonds is 5. The van der Waals surface area contributed by atoms with Gasteiger partial charge in [-0.3, -0.25) is 0 Å². The number of hydrogen-bond acceptors (Lipinski definition) is 5. The van der Waals surface area contributed by atoms with Crippen LogP contribution in [0.1, 0.15) is 20.3 Å². The molecule has 0 aliphatic rings. The quantitative estimate of drug-likeness (QED) is 0.769. The lowest BCUT2D eigenvalue weighted by molar-refractivity contribution is 0.451. The van der Waals surface area contributed by atoms with Crippen LogP contribution in [0.5, 0.6) is 0 Å². The van der Waals surface area contributed by atoms with E-state index in [1.54, 1.807) is 0 Å². The lowest BCUT2D eigenvalue weighted by Gasteiger charge is -2.08. The Hall–Kier alpha value is -2.57. The van der Waals surface area contributed by atoms with Crippen molar-refractivity contribution in [3.63, 3.8) is 0 Å². The van der Waals surface area contributed by atoms with Gasteiger partial charge < -0.3 is 9.84 Å². The molecular weight excluding hydrogens is 302 g/mol. The minimum absolute atomic E-state index is 0.270. The van der Waals surface area contributed by atoms with Crippen LogP contribution in [0.15, 0.2) is 29.0 Å². The topological polar surface area (TPSA) is 63.8 Å². The first-order valence-electron chi connectivity index (χ1n) is 7.35. The summed E-state index contributed by atoms with van der Waals surface area (Å²) in [4.78, 5) is 8.21. The molecule has 0 fully saturated rings. The van der Waals surface area contributed by atoms with Crippen molar-refractivity contribution in [2.24, 2.45) is 5.92 Å². The molecule has 0 spiro atoms. The van der Waals surface area contributed by atoms with Crippen molar-refractivity contribution >= 4 is 16.9 Å². The minimum Gasteiger partial charge on any atom is -0.369 e. The maximum absolute atomic E-state index is 13.5. The van der Waals surface area contributed by atoms with E-state index in [-0.39, 0.29) is 11.3 Å². The van der Waals surface area contributed by atoms with Gasteiger partial charge >= 0.3 is 0 Å². The van der Waals surface area contributed by atoms with Crippen molar-refractivity contribution < 1.29 is 13.3 Å². The molecule has 1 aromatic carbocycles. The molecule has 0 amide bonds. The molecule has 0 aliphatic carbocycles. The van der Waals surface area contributed by atoms with E-state index in [0.717, 1.165) is 12.5 Å². The maximum atomic E-state index is 13.5. The Morgan fingerprint density at radius 3 is 2.57 bits per heavy atom. The Labute approximate surface area is 131 Å². The van der Waals surface area contributed by atoms with Crippen molar-refractivity contribution in [1.29, 1.82) is 0 Å². The van der Waals surface area contributed by atoms with Crippen molar-refractivity contribution in [3.05, 3.63) is 36.2 Å². The molecule has 0 aliphatic heterocycles. The molecule has 3 rings (SSSR count). The molecule has 0 bridgehead atoms. The molecule has 7 heteroatoms. The highest BCUT2D eigenvalue weighted by molar-refractivity contribution is 5.97. The average Bonchev–Trinajstić information content (AvgIpc) is 2.90. The summed E-state index contributed by atoms with van der Waals surface area (Å²) in [5, 5.41) is 7.62. The molecule has 23 heavy (non-hydrogen) atoms. The molecule has 0 atom stereocenters. The smallest absolute Gasteiger partial charge is 0.263 e. The highest BCUT2D eigenvalue weighted by Crippen LogP contribution is 2.32. The van der Waals surface area contributed by atoms with E-state index in [9.17, 15) is 8.78 Å². The molecule has 3 aromatic rings. The second-order valence-electron chi connectivity index (χ2n) is 5.70. The molecular formula is C16H16F2N4O. The van der Waals surface area contributed by atoms with E-state index < -0.39 is 11.6 Å². The molecule has 120 valence electrons. The zero-order chi connectivity index (χ0) is 16.4. The predicted octanol–water partition coefficient (Wildman–Crippen LogP) is 4.02. The third-order valence-electron chi connectivity index (χ3n) is 3.42. The van der Waals surface area contributed by atoms with Gasteiger partial charge in [0.05, 0.1) is 0 Å². The van der Waals surface area contributed by atoms with Crippen LogP contribution in [0.25, 0.3) is 22.4 Å². The molecule has 0 radical (unpaired) electrons. The standard InChI is InChI=1S/C16H16F2N4O/c1-9(2)3-4-19-15-13-14(22-23-16(13)21-8-20-15)10-5-11(17)7-12(18)6-10/h5-9H,3-4H2,1-2H3,(H,19,20,21). The second kappa shape index (κ2) is 6.28. The predicted molar refractivity (Wildman–Crippen MR) is 82.9 cm³/mol. The third kappa shape index (κ3) is 3.28. The number of halogens is 2. The van der Waals surface area contributed by atoms with E-state index in [4.69, 9.17) is 4.52 Å². The molecule has 5 nitrogen and oxygen atoms in total. The molecule has 1 N–H and O–H groups in total. The first-order chi connectivity index (χ1) is 11.0. The molecule has 2 aromatic heterocycles. The fourth-order valence-electron chi connectivity index (χ4n) is 2.29. The summed E-state index contributed by atoms with van der Waals surface area (Å²) in [6.45, 7) is 4.96. The lowest BCUT2D eigenvalue weighted by atomic mass is 10.1. The lowest BCUT2D eigenvalue weighted by Crippen LogP contribution is -2.06. The third-order valence-corrected chi connectivity index (χ3v) is 3.42. The Kier molecular flexibility index (Phi) is 4.18. The van der Waals surface area contributed by atoms with Crippen LogP contribution in [-0.2, 0) is 0 Å². The Balaban J connectivity index is 2.04. The Morgan fingerprint density at radius 1 is 1.13 bits per heavy atom. The number of nitrogens with zero attached hydrogens (tertiary/aromatic N) is 3. The molecule has 0 saturated heterocycles. The van der Waals surface area contributed by atoms with Crippen molar-refractivity contribution in [2.75, 3.05) is 11.9 Å². The highest BCUT2D eigenvalue weighted by Gasteiger charge is 2.17. The molecule has 0 saturated carbocycles. The summed E-state index contributed by atoms with van der Waals surface area (Å²) in [7, 11) is 0. The number of hydrogen-bond donors (Lipinski definition) is 1. The summed E-state index contributed by atoms with van der Waals surface area (Å²) in [6, 6.07) is 3.21. The van der Waals surface area contributed by atoms with Gasteiger partial charge in [0.25, 0.3) is 5.71 Å².